The largest absolute Gasteiger partial charge is 0.480 e. The van der Waals surface area contributed by atoms with E-state index in [1.807, 2.05) is 20.8 Å². The Morgan fingerprint density at radius 3 is 2.69 bits per heavy atom. The monoisotopic (exact) mass is 463 g/mol. The zero-order valence-corrected chi connectivity index (χ0v) is 18.8. The number of aromatic nitrogens is 2. The SMILES string of the molecule is CC(C)OCC1(C)CN=C(Cc2cc(F)c(Oc3ccnc4[nH]cc(Cl)c34)c(F)c2)OC1. The third kappa shape index (κ3) is 4.86. The Hall–Kier alpha value is -2.71. The molecule has 4 rings (SSSR count). The molecule has 1 aliphatic heterocycles. The van der Waals surface area contributed by atoms with Gasteiger partial charge in [0.15, 0.2) is 23.3 Å². The standard InChI is InChI=1S/C23H24ClF2N3O3/c1-13(2)30-11-23(3)10-29-19(31-12-23)8-14-6-16(25)21(17(26)7-14)32-18-4-5-27-22-20(18)15(24)9-28-22/h4-7,9,13H,8,10-12H2,1-3H3,(H,27,28). The van der Waals surface area contributed by atoms with Gasteiger partial charge in [0, 0.05) is 24.2 Å². The van der Waals surface area contributed by atoms with Crippen molar-refractivity contribution in [3.63, 3.8) is 0 Å². The molecular formula is C23H24ClF2N3O3. The third-order valence-corrected chi connectivity index (χ3v) is 5.40. The number of rotatable bonds is 7. The summed E-state index contributed by atoms with van der Waals surface area (Å²) in [6.07, 6.45) is 3.30. The molecule has 0 saturated heterocycles. The number of ether oxygens (including phenoxy) is 3. The first-order chi connectivity index (χ1) is 15.2. The maximum absolute atomic E-state index is 14.8. The van der Waals surface area contributed by atoms with Gasteiger partial charge in [-0.15, -0.1) is 0 Å². The number of hydrogen-bond donors (Lipinski definition) is 1. The predicted molar refractivity (Wildman–Crippen MR) is 119 cm³/mol. The van der Waals surface area contributed by atoms with E-state index in [9.17, 15) is 8.78 Å². The summed E-state index contributed by atoms with van der Waals surface area (Å²) < 4.78 is 46.5. The number of H-pyrrole nitrogens is 1. The van der Waals surface area contributed by atoms with Gasteiger partial charge in [-0.05, 0) is 37.6 Å². The van der Waals surface area contributed by atoms with Gasteiger partial charge in [0.25, 0.3) is 0 Å². The second-order valence-corrected chi connectivity index (χ2v) is 8.91. The van der Waals surface area contributed by atoms with Gasteiger partial charge in [-0.3, -0.25) is 4.99 Å². The van der Waals surface area contributed by atoms with Crippen LogP contribution in [0.5, 0.6) is 11.5 Å². The fourth-order valence-corrected chi connectivity index (χ4v) is 3.60. The molecule has 0 saturated carbocycles. The van der Waals surface area contributed by atoms with Crippen molar-refractivity contribution in [2.75, 3.05) is 19.8 Å². The van der Waals surface area contributed by atoms with E-state index in [4.69, 9.17) is 25.8 Å². The molecule has 6 nitrogen and oxygen atoms in total. The molecule has 0 aliphatic carbocycles. The molecule has 1 unspecified atom stereocenters. The summed E-state index contributed by atoms with van der Waals surface area (Å²) in [7, 11) is 0. The lowest BCUT2D eigenvalue weighted by Gasteiger charge is -2.32. The van der Waals surface area contributed by atoms with Gasteiger partial charge in [0.05, 0.1) is 36.3 Å². The lowest BCUT2D eigenvalue weighted by molar-refractivity contribution is -0.0103. The first-order valence-corrected chi connectivity index (χ1v) is 10.7. The topological polar surface area (TPSA) is 68.7 Å². The van der Waals surface area contributed by atoms with Crippen LogP contribution in [0, 0.1) is 17.0 Å². The van der Waals surface area contributed by atoms with Crippen molar-refractivity contribution >= 4 is 28.5 Å². The Kier molecular flexibility index (Phi) is 6.35. The summed E-state index contributed by atoms with van der Waals surface area (Å²) >= 11 is 6.14. The van der Waals surface area contributed by atoms with E-state index in [-0.39, 0.29) is 23.7 Å². The Morgan fingerprint density at radius 1 is 1.28 bits per heavy atom. The molecule has 32 heavy (non-hydrogen) atoms. The highest BCUT2D eigenvalue weighted by Crippen LogP contribution is 2.36. The molecule has 9 heteroatoms. The van der Waals surface area contributed by atoms with Crippen LogP contribution in [0.3, 0.4) is 0 Å². The lowest BCUT2D eigenvalue weighted by Crippen LogP contribution is -2.38. The molecule has 0 spiro atoms. The van der Waals surface area contributed by atoms with Crippen molar-refractivity contribution in [1.82, 2.24) is 9.97 Å². The maximum Gasteiger partial charge on any atom is 0.198 e. The van der Waals surface area contributed by atoms with Crippen LogP contribution < -0.4 is 4.74 Å². The number of fused-ring (bicyclic) bond motifs is 1. The highest BCUT2D eigenvalue weighted by Gasteiger charge is 2.30. The first-order valence-electron chi connectivity index (χ1n) is 10.3. The molecule has 170 valence electrons. The summed E-state index contributed by atoms with van der Waals surface area (Å²) in [6.45, 7) is 7.47. The number of halogens is 3. The number of nitrogens with one attached hydrogen (secondary N) is 1. The van der Waals surface area contributed by atoms with Gasteiger partial charge in [-0.1, -0.05) is 18.5 Å². The molecule has 1 atom stereocenters. The molecule has 1 N–H and O–H groups in total. The molecule has 3 aromatic rings. The minimum Gasteiger partial charge on any atom is -0.480 e. The van der Waals surface area contributed by atoms with Crippen LogP contribution in [0.4, 0.5) is 8.78 Å². The number of hydrogen-bond acceptors (Lipinski definition) is 5. The van der Waals surface area contributed by atoms with Crippen molar-refractivity contribution in [2.24, 2.45) is 10.4 Å². The molecule has 0 amide bonds. The zero-order chi connectivity index (χ0) is 22.9. The summed E-state index contributed by atoms with van der Waals surface area (Å²) in [5.41, 5.74) is 0.632. The second-order valence-electron chi connectivity index (χ2n) is 8.51. The highest BCUT2D eigenvalue weighted by atomic mass is 35.5. The molecule has 1 aliphatic rings. The van der Waals surface area contributed by atoms with Gasteiger partial charge in [0.1, 0.15) is 11.4 Å². The molecule has 2 aromatic heterocycles. The van der Waals surface area contributed by atoms with Crippen molar-refractivity contribution in [3.8, 4) is 11.5 Å². The van der Waals surface area contributed by atoms with E-state index in [0.717, 1.165) is 0 Å². The predicted octanol–water partition coefficient (Wildman–Crippen LogP) is 5.69. The Labute approximate surface area is 189 Å². The van der Waals surface area contributed by atoms with Crippen molar-refractivity contribution in [1.29, 1.82) is 0 Å². The number of aromatic amines is 1. The number of nitrogens with zero attached hydrogens (tertiary/aromatic N) is 2. The fourth-order valence-electron chi connectivity index (χ4n) is 3.36. The van der Waals surface area contributed by atoms with Gasteiger partial charge in [-0.2, -0.15) is 0 Å². The van der Waals surface area contributed by atoms with Crippen LogP contribution in [0.25, 0.3) is 11.0 Å². The number of pyridine rings is 1. The third-order valence-electron chi connectivity index (χ3n) is 5.10. The van der Waals surface area contributed by atoms with E-state index >= 15 is 0 Å². The summed E-state index contributed by atoms with van der Waals surface area (Å²) in [5.74, 6) is -1.53. The minimum absolute atomic E-state index is 0.125. The van der Waals surface area contributed by atoms with Crippen molar-refractivity contribution in [2.45, 2.75) is 33.3 Å². The van der Waals surface area contributed by atoms with E-state index in [0.29, 0.717) is 47.3 Å². The molecule has 3 heterocycles. The molecule has 0 bridgehead atoms. The van der Waals surface area contributed by atoms with Crippen molar-refractivity contribution < 1.29 is 23.0 Å². The smallest absolute Gasteiger partial charge is 0.198 e. The molecule has 0 radical (unpaired) electrons. The average molecular weight is 464 g/mol. The Balaban J connectivity index is 1.49. The summed E-state index contributed by atoms with van der Waals surface area (Å²) in [6, 6.07) is 3.94. The number of aliphatic imine (C=N–C) groups is 1. The highest BCUT2D eigenvalue weighted by molar-refractivity contribution is 6.36. The average Bonchev–Trinajstić information content (AvgIpc) is 3.13. The zero-order valence-electron chi connectivity index (χ0n) is 18.0. The van der Waals surface area contributed by atoms with Crippen molar-refractivity contribution in [3.05, 3.63) is 52.8 Å². The van der Waals surface area contributed by atoms with Crippen LogP contribution in [0.2, 0.25) is 5.02 Å². The van der Waals surface area contributed by atoms with Crippen LogP contribution in [-0.2, 0) is 15.9 Å². The van der Waals surface area contributed by atoms with Gasteiger partial charge >= 0.3 is 0 Å². The molecule has 1 aromatic carbocycles. The molecule has 0 fully saturated rings. The van der Waals surface area contributed by atoms with E-state index < -0.39 is 17.4 Å². The summed E-state index contributed by atoms with van der Waals surface area (Å²) in [5, 5.41) is 0.797. The fraction of sp³-hybridized carbons (Fsp3) is 0.391. The minimum atomic E-state index is -0.830. The van der Waals surface area contributed by atoms with Crippen LogP contribution in [0.1, 0.15) is 26.3 Å². The normalized spacial score (nSPS) is 18.7. The quantitative estimate of drug-likeness (QED) is 0.488. The lowest BCUT2D eigenvalue weighted by atomic mass is 9.92. The van der Waals surface area contributed by atoms with Gasteiger partial charge < -0.3 is 19.2 Å². The van der Waals surface area contributed by atoms with Gasteiger partial charge in [0.2, 0.25) is 0 Å². The number of benzene rings is 1. The Morgan fingerprint density at radius 2 is 2.03 bits per heavy atom. The maximum atomic E-state index is 14.8. The van der Waals surface area contributed by atoms with Crippen LogP contribution in [0.15, 0.2) is 35.6 Å². The van der Waals surface area contributed by atoms with Crippen LogP contribution >= 0.6 is 11.6 Å². The van der Waals surface area contributed by atoms with Crippen LogP contribution in [-0.4, -0.2) is 41.7 Å². The second kappa shape index (κ2) is 9.03. The molecular weight excluding hydrogens is 440 g/mol. The van der Waals surface area contributed by atoms with E-state index in [2.05, 4.69) is 15.0 Å². The van der Waals surface area contributed by atoms with E-state index in [1.165, 1.54) is 30.6 Å². The Bertz CT molecular complexity index is 1140. The summed E-state index contributed by atoms with van der Waals surface area (Å²) in [4.78, 5) is 11.4. The van der Waals surface area contributed by atoms with Gasteiger partial charge in [-0.25, -0.2) is 13.8 Å². The van der Waals surface area contributed by atoms with E-state index in [1.54, 1.807) is 0 Å². The first kappa shape index (κ1) is 22.5.